The van der Waals surface area contributed by atoms with E-state index < -0.39 is 17.6 Å². The maximum Gasteiger partial charge on any atom is 0.407 e. The number of pyridine rings is 1. The first-order valence-corrected chi connectivity index (χ1v) is 18.4. The van der Waals surface area contributed by atoms with Gasteiger partial charge in [-0.15, -0.1) is 10.2 Å². The van der Waals surface area contributed by atoms with Crippen LogP contribution >= 0.6 is 0 Å². The number of aromatic amines is 1. The second kappa shape index (κ2) is 18.5. The second-order valence-corrected chi connectivity index (χ2v) is 15.1. The van der Waals surface area contributed by atoms with E-state index in [9.17, 15) is 14.4 Å². The first kappa shape index (κ1) is 39.0. The largest absolute Gasteiger partial charge is 0.478 e. The summed E-state index contributed by atoms with van der Waals surface area (Å²) >= 11 is 0. The number of tetrazole rings is 1. The van der Waals surface area contributed by atoms with Crippen LogP contribution in [0.3, 0.4) is 0 Å². The van der Waals surface area contributed by atoms with Crippen molar-refractivity contribution in [1.82, 2.24) is 35.8 Å². The van der Waals surface area contributed by atoms with Crippen molar-refractivity contribution in [3.63, 3.8) is 0 Å². The Morgan fingerprint density at radius 2 is 1.72 bits per heavy atom. The maximum atomic E-state index is 13.9. The van der Waals surface area contributed by atoms with Crippen LogP contribution in [0.15, 0.2) is 66.9 Å². The summed E-state index contributed by atoms with van der Waals surface area (Å²) in [4.78, 5) is 46.5. The van der Waals surface area contributed by atoms with E-state index >= 15 is 0 Å². The first-order valence-electron chi connectivity index (χ1n) is 18.4. The number of carbonyl (C=O) groups is 3. The third-order valence-corrected chi connectivity index (χ3v) is 9.29. The van der Waals surface area contributed by atoms with E-state index in [-0.39, 0.29) is 29.9 Å². The van der Waals surface area contributed by atoms with E-state index in [0.717, 1.165) is 60.9 Å². The number of hydrogen-bond donors (Lipinski definition) is 3. The molecule has 0 unspecified atom stereocenters. The SMILES string of the molecule is CN(C)CCCOc1ccc(-c2cccc(C[C@H](CC(=O)C3CCC(CNC(=O)OC(C)(C)C)CC3)C(=O)Nc3ccc(-c4nn[nH]n4)cc3)c2)cn1. The number of anilines is 1. The Bertz CT molecular complexity index is 1760. The van der Waals surface area contributed by atoms with Crippen LogP contribution in [-0.2, 0) is 20.7 Å². The third-order valence-electron chi connectivity index (χ3n) is 9.29. The van der Waals surface area contributed by atoms with Crippen LogP contribution in [0.1, 0.15) is 64.9 Å². The Morgan fingerprint density at radius 1 is 0.962 bits per heavy atom. The van der Waals surface area contributed by atoms with Crippen molar-refractivity contribution < 1.29 is 23.9 Å². The van der Waals surface area contributed by atoms with Crippen molar-refractivity contribution in [2.75, 3.05) is 39.1 Å². The van der Waals surface area contributed by atoms with Crippen molar-refractivity contribution >= 4 is 23.5 Å². The number of amides is 2. The molecule has 0 spiro atoms. The van der Waals surface area contributed by atoms with E-state index in [4.69, 9.17) is 9.47 Å². The van der Waals surface area contributed by atoms with Crippen molar-refractivity contribution in [3.05, 3.63) is 72.4 Å². The summed E-state index contributed by atoms with van der Waals surface area (Å²) in [5, 5.41) is 20.0. The van der Waals surface area contributed by atoms with Gasteiger partial charge in [0.1, 0.15) is 11.4 Å². The number of H-pyrrole nitrogens is 1. The molecule has 3 N–H and O–H groups in total. The fourth-order valence-electron chi connectivity index (χ4n) is 6.48. The summed E-state index contributed by atoms with van der Waals surface area (Å²) in [6, 6.07) is 19.1. The zero-order valence-electron chi connectivity index (χ0n) is 31.4. The molecule has 13 nitrogen and oxygen atoms in total. The quantitative estimate of drug-likeness (QED) is 0.111. The fraction of sp³-hybridized carbons (Fsp3) is 0.475. The fourth-order valence-corrected chi connectivity index (χ4v) is 6.48. The van der Waals surface area contributed by atoms with Gasteiger partial charge in [-0.25, -0.2) is 9.78 Å². The number of benzene rings is 2. The van der Waals surface area contributed by atoms with Gasteiger partial charge >= 0.3 is 6.09 Å². The van der Waals surface area contributed by atoms with Gasteiger partial charge in [0.2, 0.25) is 17.6 Å². The van der Waals surface area contributed by atoms with Gasteiger partial charge in [-0.2, -0.15) is 5.21 Å². The number of rotatable bonds is 16. The standard InChI is InChI=1S/C40H52N8O5/c1-40(2,3)53-39(51)42-25-27-10-12-29(13-11-27)35(49)24-33(38(50)43-34-17-14-30(15-18-34)37-44-46-47-45-37)23-28-8-6-9-31(22-28)32-16-19-36(41-26-32)52-21-7-20-48(4)5/h6,8-9,14-19,22,26-27,29,33H,7,10-13,20-21,23-25H2,1-5H3,(H,42,51)(H,43,50)(H,44,45,46,47)/t27?,29?,33-/m1/s1. The lowest BCUT2D eigenvalue weighted by atomic mass is 9.77. The zero-order chi connectivity index (χ0) is 37.8. The Hall–Kier alpha value is -5.17. The molecule has 2 aromatic heterocycles. The average molecular weight is 725 g/mol. The number of Topliss-reactive ketones (excluding diaryl/α,β-unsaturated/α-hetero) is 1. The molecule has 0 saturated heterocycles. The highest BCUT2D eigenvalue weighted by Gasteiger charge is 2.31. The van der Waals surface area contributed by atoms with E-state index in [2.05, 4.69) is 47.2 Å². The Kier molecular flexibility index (Phi) is 13.7. The molecule has 0 aliphatic heterocycles. The molecule has 1 aliphatic rings. The van der Waals surface area contributed by atoms with Gasteiger partial charge in [0.15, 0.2) is 0 Å². The monoisotopic (exact) mass is 724 g/mol. The summed E-state index contributed by atoms with van der Waals surface area (Å²) in [5.74, 6) is 0.482. The van der Waals surface area contributed by atoms with Gasteiger partial charge in [0, 0.05) is 60.4 Å². The smallest absolute Gasteiger partial charge is 0.407 e. The minimum Gasteiger partial charge on any atom is -0.478 e. The molecule has 0 radical (unpaired) electrons. The zero-order valence-corrected chi connectivity index (χ0v) is 31.4. The Labute approximate surface area is 311 Å². The van der Waals surface area contributed by atoms with Gasteiger partial charge < -0.3 is 25.0 Å². The lowest BCUT2D eigenvalue weighted by Crippen LogP contribution is -2.37. The summed E-state index contributed by atoms with van der Waals surface area (Å²) in [6.45, 7) is 7.57. The van der Waals surface area contributed by atoms with Crippen molar-refractivity contribution in [2.45, 2.75) is 71.3 Å². The van der Waals surface area contributed by atoms with Gasteiger partial charge in [-0.05, 0) is 126 Å². The number of carbonyl (C=O) groups excluding carboxylic acids is 3. The molecule has 282 valence electrons. The van der Waals surface area contributed by atoms with Crippen molar-refractivity contribution in [3.8, 4) is 28.4 Å². The van der Waals surface area contributed by atoms with E-state index in [1.165, 1.54) is 0 Å². The van der Waals surface area contributed by atoms with Crippen molar-refractivity contribution in [2.24, 2.45) is 17.8 Å². The molecule has 1 atom stereocenters. The topological polar surface area (TPSA) is 164 Å². The van der Waals surface area contributed by atoms with Crippen LogP contribution in [0.2, 0.25) is 0 Å². The lowest BCUT2D eigenvalue weighted by molar-refractivity contribution is -0.129. The molecule has 1 aliphatic carbocycles. The van der Waals surface area contributed by atoms with Gasteiger partial charge in [0.25, 0.3) is 0 Å². The molecule has 0 bridgehead atoms. The second-order valence-electron chi connectivity index (χ2n) is 15.1. The van der Waals surface area contributed by atoms with Crippen LogP contribution in [0.5, 0.6) is 5.88 Å². The third kappa shape index (κ3) is 12.5. The molecule has 13 heteroatoms. The minimum atomic E-state index is -0.586. The van der Waals surface area contributed by atoms with E-state index in [0.29, 0.717) is 37.0 Å². The highest BCUT2D eigenvalue weighted by molar-refractivity contribution is 5.96. The number of aromatic nitrogens is 5. The van der Waals surface area contributed by atoms with Crippen LogP contribution < -0.4 is 15.4 Å². The normalized spacial score (nSPS) is 16.5. The number of alkyl carbamates (subject to hydrolysis) is 1. The number of hydrogen-bond acceptors (Lipinski definition) is 10. The number of nitrogens with one attached hydrogen (secondary N) is 3. The van der Waals surface area contributed by atoms with Gasteiger partial charge in [-0.3, -0.25) is 9.59 Å². The van der Waals surface area contributed by atoms with E-state index in [1.54, 1.807) is 18.3 Å². The number of ether oxygens (including phenoxy) is 2. The molecule has 4 aromatic rings. The van der Waals surface area contributed by atoms with Crippen LogP contribution in [0.4, 0.5) is 10.5 Å². The predicted octanol–water partition coefficient (Wildman–Crippen LogP) is 6.35. The van der Waals surface area contributed by atoms with Crippen LogP contribution in [-0.4, -0.2) is 87.7 Å². The average Bonchev–Trinajstić information content (AvgIpc) is 3.68. The Morgan fingerprint density at radius 3 is 2.38 bits per heavy atom. The predicted molar refractivity (Wildman–Crippen MR) is 203 cm³/mol. The molecule has 2 heterocycles. The Balaban J connectivity index is 1.24. The molecule has 1 saturated carbocycles. The highest BCUT2D eigenvalue weighted by atomic mass is 16.6. The minimum absolute atomic E-state index is 0.0951. The molecule has 5 rings (SSSR count). The molecule has 2 aromatic carbocycles. The number of nitrogens with zero attached hydrogens (tertiary/aromatic N) is 5. The number of ketones is 1. The molecule has 53 heavy (non-hydrogen) atoms. The van der Waals surface area contributed by atoms with Crippen molar-refractivity contribution in [1.29, 1.82) is 0 Å². The van der Waals surface area contributed by atoms with E-state index in [1.807, 2.05) is 77.3 Å². The van der Waals surface area contributed by atoms with Gasteiger partial charge in [-0.1, -0.05) is 24.3 Å². The molecule has 1 fully saturated rings. The summed E-state index contributed by atoms with van der Waals surface area (Å²) in [5.41, 5.74) is 3.67. The summed E-state index contributed by atoms with van der Waals surface area (Å²) in [7, 11) is 4.07. The molecule has 2 amide bonds. The summed E-state index contributed by atoms with van der Waals surface area (Å²) < 4.78 is 11.2. The molecular formula is C40H52N8O5. The van der Waals surface area contributed by atoms with Crippen LogP contribution in [0, 0.1) is 17.8 Å². The van der Waals surface area contributed by atoms with Crippen LogP contribution in [0.25, 0.3) is 22.5 Å². The summed E-state index contributed by atoms with van der Waals surface area (Å²) in [6.07, 6.45) is 5.91. The first-order chi connectivity index (χ1) is 25.4. The van der Waals surface area contributed by atoms with Gasteiger partial charge in [0.05, 0.1) is 6.61 Å². The maximum absolute atomic E-state index is 13.9. The highest BCUT2D eigenvalue weighted by Crippen LogP contribution is 2.32. The molecular weight excluding hydrogens is 672 g/mol. The lowest BCUT2D eigenvalue weighted by Gasteiger charge is -2.29.